The average molecular weight is 382 g/mol. The number of hydrogen-bond acceptors (Lipinski definition) is 3. The molecule has 5 fully saturated rings. The van der Waals surface area contributed by atoms with Crippen molar-refractivity contribution >= 4 is 16.1 Å². The quantitative estimate of drug-likeness (QED) is 0.796. The van der Waals surface area contributed by atoms with Crippen LogP contribution >= 0.6 is 0 Å². The van der Waals surface area contributed by atoms with Gasteiger partial charge in [0.2, 0.25) is 10.0 Å². The number of carbonyl (C=O) groups excluding carboxylic acids is 1. The average Bonchev–Trinajstić information content (AvgIpc) is 3.36. The Hall–Kier alpha value is -0.820. The van der Waals surface area contributed by atoms with Crippen LogP contribution in [-0.2, 0) is 10.0 Å². The van der Waals surface area contributed by atoms with E-state index in [1.165, 1.54) is 32.1 Å². The van der Waals surface area contributed by atoms with E-state index in [4.69, 9.17) is 0 Å². The Morgan fingerprint density at radius 2 is 1.65 bits per heavy atom. The molecular formula is C19H31N3O3S. The van der Waals surface area contributed by atoms with Crippen LogP contribution < -0.4 is 5.32 Å². The second kappa shape index (κ2) is 6.36. The molecule has 5 atom stereocenters. The van der Waals surface area contributed by atoms with Crippen molar-refractivity contribution in [3.8, 4) is 0 Å². The van der Waals surface area contributed by atoms with E-state index >= 15 is 0 Å². The van der Waals surface area contributed by atoms with Crippen LogP contribution in [0, 0.1) is 23.7 Å². The molecule has 2 heterocycles. The molecule has 146 valence electrons. The highest BCUT2D eigenvalue weighted by Crippen LogP contribution is 2.58. The van der Waals surface area contributed by atoms with E-state index in [1.807, 2.05) is 4.90 Å². The number of nitrogens with one attached hydrogen (secondary N) is 1. The molecule has 5 rings (SSSR count). The van der Waals surface area contributed by atoms with Crippen LogP contribution in [0.15, 0.2) is 0 Å². The third kappa shape index (κ3) is 2.77. The lowest BCUT2D eigenvalue weighted by atomic mass is 9.79. The summed E-state index contributed by atoms with van der Waals surface area (Å²) in [6, 6.07) is 0.552. The van der Waals surface area contributed by atoms with Crippen molar-refractivity contribution in [2.45, 2.75) is 63.5 Å². The van der Waals surface area contributed by atoms with Gasteiger partial charge in [-0.25, -0.2) is 13.2 Å². The number of fused-ring (bicyclic) bond motifs is 5. The van der Waals surface area contributed by atoms with Crippen LogP contribution in [0.3, 0.4) is 0 Å². The molecule has 26 heavy (non-hydrogen) atoms. The van der Waals surface area contributed by atoms with E-state index in [0.29, 0.717) is 37.3 Å². The van der Waals surface area contributed by atoms with Gasteiger partial charge in [0.15, 0.2) is 0 Å². The highest BCUT2D eigenvalue weighted by Gasteiger charge is 2.54. The Morgan fingerprint density at radius 1 is 0.885 bits per heavy atom. The highest BCUT2D eigenvalue weighted by atomic mass is 32.2. The Morgan fingerprint density at radius 3 is 2.38 bits per heavy atom. The van der Waals surface area contributed by atoms with Crippen molar-refractivity contribution in [3.63, 3.8) is 0 Å². The van der Waals surface area contributed by atoms with Crippen molar-refractivity contribution < 1.29 is 13.2 Å². The van der Waals surface area contributed by atoms with Gasteiger partial charge in [-0.15, -0.1) is 0 Å². The zero-order valence-electron chi connectivity index (χ0n) is 15.5. The Labute approximate surface area is 156 Å². The van der Waals surface area contributed by atoms with Gasteiger partial charge >= 0.3 is 6.03 Å². The van der Waals surface area contributed by atoms with Crippen molar-refractivity contribution in [3.05, 3.63) is 0 Å². The lowest BCUT2D eigenvalue weighted by molar-refractivity contribution is 0.146. The number of carbonyl (C=O) groups is 1. The summed E-state index contributed by atoms with van der Waals surface area (Å²) in [5.74, 6) is 3.67. The molecule has 2 aliphatic heterocycles. The van der Waals surface area contributed by atoms with Crippen LogP contribution in [0.4, 0.5) is 4.79 Å². The zero-order chi connectivity index (χ0) is 17.9. The van der Waals surface area contributed by atoms with Gasteiger partial charge in [0.05, 0.1) is 5.75 Å². The Kier molecular flexibility index (Phi) is 4.23. The third-order valence-electron chi connectivity index (χ3n) is 8.03. The number of rotatable bonds is 2. The molecule has 0 aromatic carbocycles. The number of piperidine rings is 1. The van der Waals surface area contributed by atoms with Crippen molar-refractivity contribution in [2.75, 3.05) is 25.4 Å². The van der Waals surface area contributed by atoms with Crippen LogP contribution in [-0.4, -0.2) is 61.1 Å². The summed E-state index contributed by atoms with van der Waals surface area (Å²) in [5.41, 5.74) is 0. The minimum atomic E-state index is -3.04. The molecule has 2 amide bonds. The molecule has 5 aliphatic rings. The van der Waals surface area contributed by atoms with E-state index < -0.39 is 10.0 Å². The monoisotopic (exact) mass is 381 g/mol. The predicted octanol–water partition coefficient (Wildman–Crippen LogP) is 2.02. The van der Waals surface area contributed by atoms with E-state index in [9.17, 15) is 13.2 Å². The molecule has 0 aromatic rings. The molecule has 0 aromatic heterocycles. The van der Waals surface area contributed by atoms with Crippen LogP contribution in [0.5, 0.6) is 0 Å². The zero-order valence-corrected chi connectivity index (χ0v) is 16.3. The van der Waals surface area contributed by atoms with Gasteiger partial charge in [0.1, 0.15) is 0 Å². The van der Waals surface area contributed by atoms with Gasteiger partial charge in [-0.1, -0.05) is 6.42 Å². The van der Waals surface area contributed by atoms with Gasteiger partial charge in [-0.2, -0.15) is 4.31 Å². The normalized spacial score (nSPS) is 42.3. The maximum absolute atomic E-state index is 12.8. The fourth-order valence-electron chi connectivity index (χ4n) is 6.91. The summed E-state index contributed by atoms with van der Waals surface area (Å²) in [6.07, 6.45) is 8.97. The molecule has 2 bridgehead atoms. The topological polar surface area (TPSA) is 69.7 Å². The highest BCUT2D eigenvalue weighted by molar-refractivity contribution is 7.89. The number of nitrogens with zero attached hydrogens (tertiary/aromatic N) is 2. The smallest absolute Gasteiger partial charge is 0.317 e. The first-order valence-electron chi connectivity index (χ1n) is 10.6. The van der Waals surface area contributed by atoms with Crippen molar-refractivity contribution in [1.82, 2.24) is 14.5 Å². The molecule has 0 spiro atoms. The minimum Gasteiger partial charge on any atom is -0.335 e. The van der Waals surface area contributed by atoms with E-state index in [2.05, 4.69) is 5.32 Å². The van der Waals surface area contributed by atoms with Gasteiger partial charge in [-0.05, 0) is 68.6 Å². The number of amides is 2. The molecule has 6 nitrogen and oxygen atoms in total. The number of hydrogen-bond donors (Lipinski definition) is 1. The third-order valence-corrected chi connectivity index (χ3v) is 10.0. The van der Waals surface area contributed by atoms with Crippen molar-refractivity contribution in [2.24, 2.45) is 23.7 Å². The fourth-order valence-corrected chi connectivity index (χ4v) is 8.71. The molecule has 3 aliphatic carbocycles. The van der Waals surface area contributed by atoms with Gasteiger partial charge in [0.25, 0.3) is 0 Å². The summed E-state index contributed by atoms with van der Waals surface area (Å²) in [5, 5.41) is 3.35. The fraction of sp³-hybridized carbons (Fsp3) is 0.947. The Balaban J connectivity index is 1.15. The predicted molar refractivity (Wildman–Crippen MR) is 99.1 cm³/mol. The summed E-state index contributed by atoms with van der Waals surface area (Å²) in [7, 11) is -3.04. The standard InChI is InChI=1S/C19H31N3O3S/c23-19(20-18-12-13-11-17(18)16-4-1-3-15(13)16)21-8-5-14(6-9-21)22-7-2-10-26(22,24)25/h13-18H,1-12H2,(H,20,23)/t13-,15-,16+,17+,18-/m1/s1. The van der Waals surface area contributed by atoms with E-state index in [1.54, 1.807) is 4.31 Å². The Bertz CT molecular complexity index is 674. The second-order valence-electron chi connectivity index (χ2n) is 9.21. The molecule has 7 heteroatoms. The molecule has 3 saturated carbocycles. The minimum absolute atomic E-state index is 0.0832. The van der Waals surface area contributed by atoms with Gasteiger partial charge < -0.3 is 10.2 Å². The van der Waals surface area contributed by atoms with Crippen molar-refractivity contribution in [1.29, 1.82) is 0 Å². The summed E-state index contributed by atoms with van der Waals surface area (Å²) in [4.78, 5) is 14.7. The largest absolute Gasteiger partial charge is 0.335 e. The van der Waals surface area contributed by atoms with Gasteiger partial charge in [-0.3, -0.25) is 0 Å². The molecule has 1 N–H and O–H groups in total. The SMILES string of the molecule is O=C(N[C@@H]1C[C@H]2C[C@H]1[C@H]1CCC[C@H]21)N1CCC(N2CCCS2(=O)=O)CC1. The van der Waals surface area contributed by atoms with E-state index in [-0.39, 0.29) is 12.1 Å². The first-order chi connectivity index (χ1) is 12.5. The summed E-state index contributed by atoms with van der Waals surface area (Å²) >= 11 is 0. The lowest BCUT2D eigenvalue weighted by Gasteiger charge is -2.38. The van der Waals surface area contributed by atoms with Crippen LogP contribution in [0.2, 0.25) is 0 Å². The molecule has 2 saturated heterocycles. The first kappa shape index (κ1) is 17.3. The maximum Gasteiger partial charge on any atom is 0.317 e. The maximum atomic E-state index is 12.8. The number of sulfonamides is 1. The van der Waals surface area contributed by atoms with Crippen LogP contribution in [0.25, 0.3) is 0 Å². The van der Waals surface area contributed by atoms with Crippen LogP contribution in [0.1, 0.15) is 51.4 Å². The molecular weight excluding hydrogens is 350 g/mol. The second-order valence-corrected chi connectivity index (χ2v) is 11.2. The molecule has 0 radical (unpaired) electrons. The first-order valence-corrected chi connectivity index (χ1v) is 12.2. The lowest BCUT2D eigenvalue weighted by Crippen LogP contribution is -2.53. The number of urea groups is 1. The summed E-state index contributed by atoms with van der Waals surface area (Å²) in [6.45, 7) is 2.01. The van der Waals surface area contributed by atoms with E-state index in [0.717, 1.165) is 37.0 Å². The van der Waals surface area contributed by atoms with Gasteiger partial charge in [0, 0.05) is 31.7 Å². The molecule has 0 unspecified atom stereocenters. The number of likely N-dealkylation sites (tertiary alicyclic amines) is 1. The summed E-state index contributed by atoms with van der Waals surface area (Å²) < 4.78 is 25.9.